The Kier molecular flexibility index (Phi) is 3.30. The average Bonchev–Trinajstić information content (AvgIpc) is 3.42. The van der Waals surface area contributed by atoms with E-state index in [1.165, 1.54) is 16.5 Å². The highest BCUT2D eigenvalue weighted by molar-refractivity contribution is 6.24. The summed E-state index contributed by atoms with van der Waals surface area (Å²) in [6.07, 6.45) is 0.837. The zero-order chi connectivity index (χ0) is 21.7. The summed E-state index contributed by atoms with van der Waals surface area (Å²) in [5, 5.41) is 13.0. The van der Waals surface area contributed by atoms with Gasteiger partial charge >= 0.3 is 0 Å². The zero-order valence-electron chi connectivity index (χ0n) is 17.6. The fourth-order valence-electron chi connectivity index (χ4n) is 6.11. The second kappa shape index (κ2) is 5.91. The minimum absolute atomic E-state index is 0.00552. The van der Waals surface area contributed by atoms with Gasteiger partial charge in [-0.05, 0) is 58.1 Å². The third kappa shape index (κ3) is 2.00. The molecule has 3 atom stereocenters. The Hall–Kier alpha value is -3.80. The summed E-state index contributed by atoms with van der Waals surface area (Å²) < 4.78 is 8.71. The summed E-state index contributed by atoms with van der Waals surface area (Å²) >= 11 is 0. The Morgan fingerprint density at radius 3 is 2.62 bits per heavy atom. The van der Waals surface area contributed by atoms with Gasteiger partial charge in [-0.15, -0.1) is 4.91 Å². The van der Waals surface area contributed by atoms with E-state index in [1.54, 1.807) is 12.1 Å². The lowest BCUT2D eigenvalue weighted by atomic mass is 9.77. The Morgan fingerprint density at radius 2 is 1.81 bits per heavy atom. The highest BCUT2D eigenvalue weighted by Gasteiger charge is 2.38. The molecule has 1 aliphatic rings. The van der Waals surface area contributed by atoms with E-state index in [9.17, 15) is 9.81 Å². The van der Waals surface area contributed by atoms with Gasteiger partial charge in [0.25, 0.3) is 0 Å². The van der Waals surface area contributed by atoms with Crippen molar-refractivity contribution in [2.24, 2.45) is 16.3 Å². The molecule has 3 heterocycles. The van der Waals surface area contributed by atoms with Crippen LogP contribution in [0.15, 0.2) is 63.3 Å². The third-order valence-electron chi connectivity index (χ3n) is 7.50. The molecule has 7 rings (SSSR count). The third-order valence-corrected chi connectivity index (χ3v) is 7.50. The molecule has 3 aromatic carbocycles. The minimum atomic E-state index is -0.253. The second-order valence-electron chi connectivity index (χ2n) is 9.22. The summed E-state index contributed by atoms with van der Waals surface area (Å²) in [5.74, 6) is 0.212. The molecule has 32 heavy (non-hydrogen) atoms. The predicted molar refractivity (Wildman–Crippen MR) is 127 cm³/mol. The maximum Gasteiger partial charge on any atom is 0.213 e. The molecule has 1 aliphatic carbocycles. The normalized spacial score (nSPS) is 21.2. The largest absolute Gasteiger partial charge is 0.439 e. The van der Waals surface area contributed by atoms with Crippen LogP contribution in [0.3, 0.4) is 0 Å². The summed E-state index contributed by atoms with van der Waals surface area (Å²) in [7, 11) is 0. The SMILES string of the molecule is CC1Cc2c(n3c4oc5cc6cc(N=O)ccc6cc5c4c4cccc2c43)C(C)C1N=O. The molecule has 0 N–H and O–H groups in total. The van der Waals surface area contributed by atoms with E-state index >= 15 is 0 Å². The lowest BCUT2D eigenvalue weighted by Gasteiger charge is -2.30. The van der Waals surface area contributed by atoms with Crippen molar-refractivity contribution < 1.29 is 4.42 Å². The molecule has 0 radical (unpaired) electrons. The van der Waals surface area contributed by atoms with Crippen molar-refractivity contribution in [2.75, 3.05) is 0 Å². The first-order valence-electron chi connectivity index (χ1n) is 10.9. The summed E-state index contributed by atoms with van der Waals surface area (Å²) in [6.45, 7) is 4.22. The quantitative estimate of drug-likeness (QED) is 0.273. The van der Waals surface area contributed by atoms with Gasteiger partial charge in [-0.3, -0.25) is 4.40 Å². The molecule has 6 nitrogen and oxygen atoms in total. The zero-order valence-corrected chi connectivity index (χ0v) is 17.6. The average molecular weight is 421 g/mol. The van der Waals surface area contributed by atoms with E-state index in [-0.39, 0.29) is 17.9 Å². The van der Waals surface area contributed by atoms with Gasteiger partial charge in [-0.2, -0.15) is 4.91 Å². The Labute approximate surface area is 182 Å². The standard InChI is InChI=1S/C26H19N3O3/c1-12-8-19-17-4-3-5-18-22-20-10-14-6-7-16(27-30)9-15(14)11-21(20)32-26(22)29(25(17)18)24(19)13(2)23(12)28-31/h3-7,9-13,23H,8H2,1-2H3. The molecule has 0 saturated heterocycles. The van der Waals surface area contributed by atoms with Crippen LogP contribution in [0.25, 0.3) is 49.1 Å². The first kappa shape index (κ1) is 17.8. The molecule has 3 aromatic heterocycles. The van der Waals surface area contributed by atoms with E-state index in [4.69, 9.17) is 4.42 Å². The van der Waals surface area contributed by atoms with E-state index in [0.29, 0.717) is 5.69 Å². The van der Waals surface area contributed by atoms with Crippen LogP contribution in [0.4, 0.5) is 5.69 Å². The van der Waals surface area contributed by atoms with Gasteiger partial charge in [-0.25, -0.2) is 0 Å². The Balaban J connectivity index is 1.65. The molecule has 156 valence electrons. The number of furan rings is 1. The maximum atomic E-state index is 11.7. The van der Waals surface area contributed by atoms with Gasteiger partial charge in [0.2, 0.25) is 5.71 Å². The number of fused-ring (bicyclic) bond motifs is 9. The number of para-hydroxylation sites is 1. The first-order chi connectivity index (χ1) is 15.6. The number of hydrogen-bond acceptors (Lipinski definition) is 5. The van der Waals surface area contributed by atoms with Crippen LogP contribution in [-0.4, -0.2) is 10.4 Å². The van der Waals surface area contributed by atoms with Gasteiger partial charge in [0.15, 0.2) is 0 Å². The number of nitroso groups, excluding NO2 is 2. The maximum absolute atomic E-state index is 11.7. The summed E-state index contributed by atoms with van der Waals surface area (Å²) in [6, 6.07) is 15.7. The molecule has 0 fully saturated rings. The van der Waals surface area contributed by atoms with Gasteiger partial charge < -0.3 is 4.42 Å². The fourth-order valence-corrected chi connectivity index (χ4v) is 6.11. The lowest BCUT2D eigenvalue weighted by Crippen LogP contribution is -2.30. The van der Waals surface area contributed by atoms with Crippen LogP contribution in [0.5, 0.6) is 0 Å². The van der Waals surface area contributed by atoms with E-state index in [1.807, 2.05) is 12.1 Å². The summed E-state index contributed by atoms with van der Waals surface area (Å²) in [5.41, 5.74) is 5.60. The van der Waals surface area contributed by atoms with Crippen molar-refractivity contribution in [3.63, 3.8) is 0 Å². The molecule has 6 heteroatoms. The molecule has 6 aromatic rings. The smallest absolute Gasteiger partial charge is 0.213 e. The molecular weight excluding hydrogens is 402 g/mol. The van der Waals surface area contributed by atoms with Gasteiger partial charge in [0, 0.05) is 27.8 Å². The first-order valence-corrected chi connectivity index (χ1v) is 10.9. The number of hydrogen-bond donors (Lipinski definition) is 0. The van der Waals surface area contributed by atoms with Crippen LogP contribution in [0, 0.1) is 15.7 Å². The molecular formula is C26H19N3O3. The van der Waals surface area contributed by atoms with Crippen molar-refractivity contribution in [1.29, 1.82) is 0 Å². The number of benzene rings is 3. The van der Waals surface area contributed by atoms with Crippen LogP contribution >= 0.6 is 0 Å². The topological polar surface area (TPSA) is 76.4 Å². The van der Waals surface area contributed by atoms with Crippen LogP contribution in [0.2, 0.25) is 0 Å². The number of rotatable bonds is 2. The molecule has 3 unspecified atom stereocenters. The van der Waals surface area contributed by atoms with E-state index < -0.39 is 0 Å². The summed E-state index contributed by atoms with van der Waals surface area (Å²) in [4.78, 5) is 22.7. The Morgan fingerprint density at radius 1 is 0.969 bits per heavy atom. The molecule has 0 amide bonds. The highest BCUT2D eigenvalue weighted by atomic mass is 16.3. The Bertz CT molecular complexity index is 1740. The molecule has 0 aliphatic heterocycles. The van der Waals surface area contributed by atoms with Crippen molar-refractivity contribution in [3.8, 4) is 0 Å². The predicted octanol–water partition coefficient (Wildman–Crippen LogP) is 7.41. The number of aromatic nitrogens is 1. The number of nitrogens with zero attached hydrogens (tertiary/aromatic N) is 3. The van der Waals surface area contributed by atoms with Crippen molar-refractivity contribution >= 4 is 54.8 Å². The fraction of sp³-hybridized carbons (Fsp3) is 0.231. The molecule has 0 spiro atoms. The van der Waals surface area contributed by atoms with Gasteiger partial charge in [-0.1, -0.05) is 43.3 Å². The van der Waals surface area contributed by atoms with Gasteiger partial charge in [0.1, 0.15) is 17.3 Å². The van der Waals surface area contributed by atoms with Crippen molar-refractivity contribution in [3.05, 3.63) is 69.6 Å². The lowest BCUT2D eigenvalue weighted by molar-refractivity contribution is 0.372. The second-order valence-corrected chi connectivity index (χ2v) is 9.22. The van der Waals surface area contributed by atoms with E-state index in [2.05, 4.69) is 52.9 Å². The monoisotopic (exact) mass is 421 g/mol. The highest BCUT2D eigenvalue weighted by Crippen LogP contribution is 2.48. The van der Waals surface area contributed by atoms with Crippen molar-refractivity contribution in [2.45, 2.75) is 32.2 Å². The molecule has 0 saturated carbocycles. The van der Waals surface area contributed by atoms with Crippen LogP contribution < -0.4 is 0 Å². The molecule has 0 bridgehead atoms. The van der Waals surface area contributed by atoms with Gasteiger partial charge in [0.05, 0.1) is 10.9 Å². The van der Waals surface area contributed by atoms with Crippen molar-refractivity contribution in [1.82, 2.24) is 4.40 Å². The minimum Gasteiger partial charge on any atom is -0.439 e. The van der Waals surface area contributed by atoms with E-state index in [0.717, 1.165) is 50.3 Å². The van der Waals surface area contributed by atoms with Crippen LogP contribution in [-0.2, 0) is 6.42 Å². The van der Waals surface area contributed by atoms with Crippen LogP contribution in [0.1, 0.15) is 31.0 Å².